The van der Waals surface area contributed by atoms with Crippen LogP contribution in [0.2, 0.25) is 0 Å². The Morgan fingerprint density at radius 3 is 2.84 bits per heavy atom. The first-order valence-corrected chi connectivity index (χ1v) is 6.86. The number of amides is 1. The minimum atomic E-state index is -0.0671. The van der Waals surface area contributed by atoms with Gasteiger partial charge in [0, 0.05) is 18.4 Å². The monoisotopic (exact) mass is 325 g/mol. The summed E-state index contributed by atoms with van der Waals surface area (Å²) in [6.45, 7) is 5.39. The molecule has 0 unspecified atom stereocenters. The third-order valence-electron chi connectivity index (χ3n) is 2.87. The van der Waals surface area contributed by atoms with Gasteiger partial charge in [-0.15, -0.1) is 0 Å². The lowest BCUT2D eigenvalue weighted by molar-refractivity contribution is -0.122. The van der Waals surface area contributed by atoms with Gasteiger partial charge in [0.15, 0.2) is 0 Å². The van der Waals surface area contributed by atoms with Crippen LogP contribution in [-0.4, -0.2) is 25.5 Å². The molecule has 0 aliphatic carbocycles. The average Bonchev–Trinajstić information content (AvgIpc) is 2.94. The van der Waals surface area contributed by atoms with E-state index in [1.54, 1.807) is 17.1 Å². The average molecular weight is 326 g/mol. The predicted molar refractivity (Wildman–Crippen MR) is 74.4 cm³/mol. The van der Waals surface area contributed by atoms with Gasteiger partial charge in [-0.05, 0) is 35.8 Å². The lowest BCUT2D eigenvalue weighted by Crippen LogP contribution is -2.29. The van der Waals surface area contributed by atoms with Crippen LogP contribution < -0.4 is 5.32 Å². The fourth-order valence-corrected chi connectivity index (χ4v) is 2.21. The Hall–Kier alpha value is -1.63. The molecule has 0 saturated carbocycles. The van der Waals surface area contributed by atoms with Gasteiger partial charge in [0.05, 0.1) is 22.9 Å². The molecular formula is C12H16BrN5O. The predicted octanol–water partition coefficient (Wildman–Crippen LogP) is 1.49. The third-order valence-corrected chi connectivity index (χ3v) is 3.53. The molecular weight excluding hydrogens is 310 g/mol. The van der Waals surface area contributed by atoms with Crippen molar-refractivity contribution in [2.45, 2.75) is 33.5 Å². The van der Waals surface area contributed by atoms with Gasteiger partial charge in [-0.3, -0.25) is 14.2 Å². The third kappa shape index (κ3) is 3.23. The summed E-state index contributed by atoms with van der Waals surface area (Å²) in [6.07, 6.45) is 3.42. The number of nitrogens with one attached hydrogen (secondary N) is 1. The zero-order valence-electron chi connectivity index (χ0n) is 10.9. The zero-order chi connectivity index (χ0) is 13.8. The fourth-order valence-electron chi connectivity index (χ4n) is 1.77. The molecule has 0 bridgehead atoms. The highest BCUT2D eigenvalue weighted by Gasteiger charge is 2.10. The molecule has 2 aromatic rings. The number of rotatable bonds is 5. The highest BCUT2D eigenvalue weighted by Crippen LogP contribution is 2.15. The van der Waals surface area contributed by atoms with Crippen LogP contribution in [0.5, 0.6) is 0 Å². The summed E-state index contributed by atoms with van der Waals surface area (Å²) in [5, 5.41) is 11.2. The van der Waals surface area contributed by atoms with E-state index in [0.717, 1.165) is 22.4 Å². The largest absolute Gasteiger partial charge is 0.349 e. The molecule has 2 aromatic heterocycles. The Bertz CT molecular complexity index is 574. The van der Waals surface area contributed by atoms with Gasteiger partial charge in [-0.25, -0.2) is 0 Å². The van der Waals surface area contributed by atoms with Crippen molar-refractivity contribution >= 4 is 21.8 Å². The topological polar surface area (TPSA) is 64.7 Å². The van der Waals surface area contributed by atoms with E-state index in [0.29, 0.717) is 6.54 Å². The summed E-state index contributed by atoms with van der Waals surface area (Å²) in [6, 6.07) is 1.87. The molecule has 7 heteroatoms. The summed E-state index contributed by atoms with van der Waals surface area (Å²) in [4.78, 5) is 11.9. The van der Waals surface area contributed by atoms with Gasteiger partial charge >= 0.3 is 0 Å². The maximum atomic E-state index is 11.9. The molecule has 0 fully saturated rings. The van der Waals surface area contributed by atoms with Crippen molar-refractivity contribution in [3.05, 3.63) is 34.3 Å². The van der Waals surface area contributed by atoms with Gasteiger partial charge in [0.25, 0.3) is 0 Å². The van der Waals surface area contributed by atoms with Crippen molar-refractivity contribution in [3.8, 4) is 0 Å². The van der Waals surface area contributed by atoms with E-state index in [1.165, 1.54) is 0 Å². The number of aromatic nitrogens is 4. The second-order valence-electron chi connectivity index (χ2n) is 4.16. The first kappa shape index (κ1) is 13.8. The Morgan fingerprint density at radius 1 is 1.42 bits per heavy atom. The summed E-state index contributed by atoms with van der Waals surface area (Å²) >= 11 is 3.43. The lowest BCUT2D eigenvalue weighted by Gasteiger charge is -2.08. The van der Waals surface area contributed by atoms with Crippen LogP contribution in [0.4, 0.5) is 0 Å². The van der Waals surface area contributed by atoms with Crippen molar-refractivity contribution in [1.29, 1.82) is 0 Å². The van der Waals surface area contributed by atoms with E-state index in [1.807, 2.05) is 24.6 Å². The molecule has 0 radical (unpaired) electrons. The molecule has 0 saturated heterocycles. The molecule has 0 aromatic carbocycles. The summed E-state index contributed by atoms with van der Waals surface area (Å²) in [7, 11) is 0. The molecule has 2 heterocycles. The van der Waals surface area contributed by atoms with Crippen LogP contribution in [0.25, 0.3) is 0 Å². The summed E-state index contributed by atoms with van der Waals surface area (Å²) in [5.74, 6) is -0.0671. The van der Waals surface area contributed by atoms with Crippen molar-refractivity contribution in [1.82, 2.24) is 24.9 Å². The van der Waals surface area contributed by atoms with Crippen LogP contribution in [-0.2, 0) is 24.4 Å². The van der Waals surface area contributed by atoms with Crippen molar-refractivity contribution in [2.75, 3.05) is 0 Å². The van der Waals surface area contributed by atoms with E-state index >= 15 is 0 Å². The Morgan fingerprint density at radius 2 is 2.21 bits per heavy atom. The number of hydrogen-bond acceptors (Lipinski definition) is 3. The Balaban J connectivity index is 1.93. The van der Waals surface area contributed by atoms with Gasteiger partial charge < -0.3 is 5.32 Å². The molecule has 0 aliphatic heterocycles. The Kier molecular flexibility index (Phi) is 4.36. The Labute approximate surface area is 119 Å². The molecule has 6 nitrogen and oxygen atoms in total. The van der Waals surface area contributed by atoms with Crippen LogP contribution in [0.15, 0.2) is 22.9 Å². The lowest BCUT2D eigenvalue weighted by atomic mass is 10.4. The second-order valence-corrected chi connectivity index (χ2v) is 5.02. The fraction of sp³-hybridized carbons (Fsp3) is 0.417. The number of nitrogens with zero attached hydrogens (tertiary/aromatic N) is 4. The minimum Gasteiger partial charge on any atom is -0.349 e. The van der Waals surface area contributed by atoms with Crippen LogP contribution in [0, 0.1) is 6.92 Å². The summed E-state index contributed by atoms with van der Waals surface area (Å²) in [5.41, 5.74) is 1.93. The maximum absolute atomic E-state index is 11.9. The molecule has 1 amide bonds. The first-order chi connectivity index (χ1) is 9.11. The van der Waals surface area contributed by atoms with E-state index in [4.69, 9.17) is 0 Å². The van der Waals surface area contributed by atoms with E-state index in [-0.39, 0.29) is 12.5 Å². The smallest absolute Gasteiger partial charge is 0.242 e. The molecule has 102 valence electrons. The highest BCUT2D eigenvalue weighted by atomic mass is 79.9. The zero-order valence-corrected chi connectivity index (χ0v) is 12.5. The quantitative estimate of drug-likeness (QED) is 0.905. The standard InChI is InChI=1S/C12H16BrN5O/c1-3-17-11(10(13)6-16-17)7-14-12(19)8-18-9(2)4-5-15-18/h4-6H,3,7-8H2,1-2H3,(H,14,19). The number of hydrogen-bond donors (Lipinski definition) is 1. The van der Waals surface area contributed by atoms with E-state index in [9.17, 15) is 4.79 Å². The minimum absolute atomic E-state index is 0.0671. The number of halogens is 1. The molecule has 19 heavy (non-hydrogen) atoms. The van der Waals surface area contributed by atoms with Crippen molar-refractivity contribution in [3.63, 3.8) is 0 Å². The molecule has 1 N–H and O–H groups in total. The van der Waals surface area contributed by atoms with Crippen molar-refractivity contribution in [2.24, 2.45) is 0 Å². The summed E-state index contributed by atoms with van der Waals surface area (Å²) < 4.78 is 4.43. The van der Waals surface area contributed by atoms with E-state index in [2.05, 4.69) is 31.4 Å². The number of carbonyl (C=O) groups excluding carboxylic acids is 1. The van der Waals surface area contributed by atoms with Crippen molar-refractivity contribution < 1.29 is 4.79 Å². The van der Waals surface area contributed by atoms with Crippen LogP contribution >= 0.6 is 15.9 Å². The van der Waals surface area contributed by atoms with Gasteiger partial charge in [0.2, 0.25) is 5.91 Å². The SMILES string of the molecule is CCn1ncc(Br)c1CNC(=O)Cn1nccc1C. The molecule has 0 aliphatic rings. The molecule has 0 atom stereocenters. The van der Waals surface area contributed by atoms with E-state index < -0.39 is 0 Å². The van der Waals surface area contributed by atoms with Crippen LogP contribution in [0.1, 0.15) is 18.3 Å². The second kappa shape index (κ2) is 6.01. The van der Waals surface area contributed by atoms with Gasteiger partial charge in [-0.2, -0.15) is 10.2 Å². The first-order valence-electron chi connectivity index (χ1n) is 6.07. The molecule has 0 spiro atoms. The highest BCUT2D eigenvalue weighted by molar-refractivity contribution is 9.10. The van der Waals surface area contributed by atoms with Crippen LogP contribution in [0.3, 0.4) is 0 Å². The number of carbonyl (C=O) groups is 1. The molecule has 2 rings (SSSR count). The number of aryl methyl sites for hydroxylation is 2. The van der Waals surface area contributed by atoms with Gasteiger partial charge in [0.1, 0.15) is 6.54 Å². The maximum Gasteiger partial charge on any atom is 0.242 e. The normalized spacial score (nSPS) is 10.7. The van der Waals surface area contributed by atoms with Gasteiger partial charge in [-0.1, -0.05) is 0 Å².